The average molecular weight is 573 g/mol. The summed E-state index contributed by atoms with van der Waals surface area (Å²) in [6.07, 6.45) is 2.72. The highest BCUT2D eigenvalue weighted by molar-refractivity contribution is 7.19. The molecule has 40 heavy (non-hydrogen) atoms. The molecule has 6 heteroatoms. The minimum absolute atomic E-state index is 0.0390. The van der Waals surface area contributed by atoms with E-state index in [1.165, 1.54) is 15.0 Å². The van der Waals surface area contributed by atoms with E-state index in [1.807, 2.05) is 47.7 Å². The van der Waals surface area contributed by atoms with Gasteiger partial charge in [0.05, 0.1) is 12.2 Å². The first-order valence-electron chi connectivity index (χ1n) is 14.6. The summed E-state index contributed by atoms with van der Waals surface area (Å²) in [5.74, 6) is 0.569. The van der Waals surface area contributed by atoms with E-state index in [-0.39, 0.29) is 28.9 Å². The third kappa shape index (κ3) is 5.10. The zero-order valence-corrected chi connectivity index (χ0v) is 25.1. The lowest BCUT2D eigenvalue weighted by Gasteiger charge is -2.43. The van der Waals surface area contributed by atoms with Gasteiger partial charge in [0.2, 0.25) is 0 Å². The number of fused-ring (bicyclic) bond motifs is 2. The van der Waals surface area contributed by atoms with Crippen LogP contribution in [0.2, 0.25) is 5.04 Å². The SMILES string of the molecule is CC(C)(C[C@H](CC[C@@H]1[C@H]2CC(O)O[C@H]2C[C@H]1O)c1cc2ccccc2s1)[Si](O)(c1ccccc1)c1ccccc1. The lowest BCUT2D eigenvalue weighted by molar-refractivity contribution is -0.0951. The number of benzene rings is 3. The largest absolute Gasteiger partial charge is 0.424 e. The van der Waals surface area contributed by atoms with Gasteiger partial charge in [-0.25, -0.2) is 0 Å². The highest BCUT2D eigenvalue weighted by atomic mass is 32.1. The summed E-state index contributed by atoms with van der Waals surface area (Å²) in [6, 6.07) is 31.4. The van der Waals surface area contributed by atoms with Crippen LogP contribution in [-0.2, 0) is 4.74 Å². The van der Waals surface area contributed by atoms with Crippen LogP contribution in [0, 0.1) is 11.8 Å². The van der Waals surface area contributed by atoms with E-state index in [2.05, 4.69) is 68.4 Å². The average Bonchev–Trinajstić information content (AvgIpc) is 3.63. The van der Waals surface area contributed by atoms with Gasteiger partial charge in [0, 0.05) is 22.4 Å². The molecule has 1 aliphatic carbocycles. The Morgan fingerprint density at radius 1 is 0.900 bits per heavy atom. The molecule has 6 atom stereocenters. The van der Waals surface area contributed by atoms with Gasteiger partial charge < -0.3 is 19.7 Å². The number of hydrogen-bond donors (Lipinski definition) is 3. The molecule has 2 aliphatic rings. The fourth-order valence-corrected chi connectivity index (χ4v) is 12.5. The van der Waals surface area contributed by atoms with Gasteiger partial charge >= 0.3 is 0 Å². The number of rotatable bonds is 9. The molecule has 0 spiro atoms. The highest BCUT2D eigenvalue weighted by Crippen LogP contribution is 2.50. The Morgan fingerprint density at radius 2 is 1.52 bits per heavy atom. The number of ether oxygens (including phenoxy) is 1. The molecular weight excluding hydrogens is 533 g/mol. The normalized spacial score (nSPS) is 25.8. The second-order valence-electron chi connectivity index (χ2n) is 12.5. The molecule has 1 aliphatic heterocycles. The minimum Gasteiger partial charge on any atom is -0.424 e. The van der Waals surface area contributed by atoms with Crippen LogP contribution in [0.4, 0.5) is 0 Å². The predicted molar refractivity (Wildman–Crippen MR) is 166 cm³/mol. The van der Waals surface area contributed by atoms with Gasteiger partial charge in [-0.15, -0.1) is 11.3 Å². The van der Waals surface area contributed by atoms with Crippen LogP contribution in [0.3, 0.4) is 0 Å². The summed E-state index contributed by atoms with van der Waals surface area (Å²) in [5.41, 5.74) is 0. The van der Waals surface area contributed by atoms with Crippen molar-refractivity contribution in [1.29, 1.82) is 0 Å². The molecule has 0 amide bonds. The highest BCUT2D eigenvalue weighted by Gasteiger charge is 2.52. The van der Waals surface area contributed by atoms with Crippen molar-refractivity contribution in [3.05, 3.63) is 95.9 Å². The maximum absolute atomic E-state index is 12.8. The van der Waals surface area contributed by atoms with Crippen LogP contribution >= 0.6 is 11.3 Å². The van der Waals surface area contributed by atoms with Gasteiger partial charge in [-0.1, -0.05) is 92.7 Å². The van der Waals surface area contributed by atoms with Gasteiger partial charge in [0.25, 0.3) is 8.32 Å². The summed E-state index contributed by atoms with van der Waals surface area (Å²) in [4.78, 5) is 14.2. The van der Waals surface area contributed by atoms with Crippen molar-refractivity contribution in [1.82, 2.24) is 0 Å². The van der Waals surface area contributed by atoms with Crippen molar-refractivity contribution in [3.8, 4) is 0 Å². The zero-order chi connectivity index (χ0) is 27.9. The molecule has 2 heterocycles. The first kappa shape index (κ1) is 27.8. The fraction of sp³-hybridized carbons (Fsp3) is 0.412. The van der Waals surface area contributed by atoms with E-state index in [9.17, 15) is 15.0 Å². The van der Waals surface area contributed by atoms with Crippen LogP contribution in [0.5, 0.6) is 0 Å². The summed E-state index contributed by atoms with van der Waals surface area (Å²) >= 11 is 1.86. The summed E-state index contributed by atoms with van der Waals surface area (Å²) < 4.78 is 7.00. The summed E-state index contributed by atoms with van der Waals surface area (Å²) in [7, 11) is -3.17. The smallest absolute Gasteiger partial charge is 0.258 e. The Labute approximate surface area is 242 Å². The lowest BCUT2D eigenvalue weighted by Crippen LogP contribution is -2.65. The first-order chi connectivity index (χ1) is 19.3. The van der Waals surface area contributed by atoms with E-state index in [0.717, 1.165) is 29.6 Å². The molecule has 1 saturated carbocycles. The third-order valence-electron chi connectivity index (χ3n) is 9.62. The Morgan fingerprint density at radius 3 is 2.17 bits per heavy atom. The second-order valence-corrected chi connectivity index (χ2v) is 17.5. The third-order valence-corrected chi connectivity index (χ3v) is 15.4. The molecule has 6 rings (SSSR count). The van der Waals surface area contributed by atoms with Gasteiger partial charge in [0.1, 0.15) is 0 Å². The molecule has 4 nitrogen and oxygen atoms in total. The molecule has 1 saturated heterocycles. The Kier molecular flexibility index (Phi) is 7.76. The second kappa shape index (κ2) is 11.2. The van der Waals surface area contributed by atoms with E-state index < -0.39 is 20.7 Å². The number of thiophene rings is 1. The van der Waals surface area contributed by atoms with Gasteiger partial charge in [-0.2, -0.15) is 0 Å². The van der Waals surface area contributed by atoms with Crippen molar-refractivity contribution >= 4 is 40.1 Å². The molecule has 1 aromatic heterocycles. The Bertz CT molecular complexity index is 1350. The molecule has 3 N–H and O–H groups in total. The predicted octanol–water partition coefficient (Wildman–Crippen LogP) is 5.79. The minimum atomic E-state index is -3.17. The van der Waals surface area contributed by atoms with Crippen LogP contribution < -0.4 is 10.4 Å². The van der Waals surface area contributed by atoms with E-state index in [1.54, 1.807) is 0 Å². The van der Waals surface area contributed by atoms with Crippen LogP contribution in [0.25, 0.3) is 10.1 Å². The Hall–Kier alpha value is -2.32. The van der Waals surface area contributed by atoms with Crippen LogP contribution in [0.15, 0.2) is 91.0 Å². The van der Waals surface area contributed by atoms with Gasteiger partial charge in [-0.05, 0) is 69.9 Å². The molecule has 210 valence electrons. The molecular formula is C34H40O4SSi. The molecule has 0 radical (unpaired) electrons. The van der Waals surface area contributed by atoms with Crippen molar-refractivity contribution in [2.24, 2.45) is 11.8 Å². The number of aliphatic hydroxyl groups excluding tert-OH is 2. The molecule has 0 bridgehead atoms. The molecule has 2 fully saturated rings. The zero-order valence-electron chi connectivity index (χ0n) is 23.3. The lowest BCUT2D eigenvalue weighted by atomic mass is 9.83. The van der Waals surface area contributed by atoms with E-state index >= 15 is 0 Å². The fourth-order valence-electron chi connectivity index (χ4n) is 7.54. The van der Waals surface area contributed by atoms with Crippen molar-refractivity contribution in [3.63, 3.8) is 0 Å². The molecule has 3 aromatic carbocycles. The van der Waals surface area contributed by atoms with E-state index in [0.29, 0.717) is 12.8 Å². The topological polar surface area (TPSA) is 69.9 Å². The van der Waals surface area contributed by atoms with Crippen LogP contribution in [0.1, 0.15) is 56.7 Å². The quantitative estimate of drug-likeness (QED) is 0.222. The standard InChI is InChI=1S/C34H40O4SSi/c1-34(2,40(37,25-12-5-3-6-13-25)26-14-7-4-8-15-26)22-24(32-19-23-11-9-10-16-31(23)39-32)17-18-27-28-20-33(36)38-30(28)21-29(27)35/h3-16,19,24,27-30,33,35-37H,17-18,20-22H2,1-2H3/t24-,27+,28+,29+,30-,33?/m0/s1. The molecule has 1 unspecified atom stereocenters. The number of aliphatic hydroxyl groups is 2. The number of hydrogen-bond acceptors (Lipinski definition) is 5. The van der Waals surface area contributed by atoms with Crippen molar-refractivity contribution in [2.45, 2.75) is 75.4 Å². The monoisotopic (exact) mass is 572 g/mol. The van der Waals surface area contributed by atoms with Crippen LogP contribution in [-0.4, -0.2) is 41.8 Å². The van der Waals surface area contributed by atoms with Gasteiger partial charge in [-0.3, -0.25) is 0 Å². The van der Waals surface area contributed by atoms with Crippen molar-refractivity contribution < 1.29 is 19.7 Å². The van der Waals surface area contributed by atoms with Crippen molar-refractivity contribution in [2.75, 3.05) is 0 Å². The summed E-state index contributed by atoms with van der Waals surface area (Å²) in [5, 5.41) is 24.0. The maximum Gasteiger partial charge on any atom is 0.258 e. The summed E-state index contributed by atoms with van der Waals surface area (Å²) in [6.45, 7) is 4.50. The first-order valence-corrected chi connectivity index (χ1v) is 17.4. The van der Waals surface area contributed by atoms with E-state index in [4.69, 9.17) is 4.74 Å². The van der Waals surface area contributed by atoms with Gasteiger partial charge in [0.15, 0.2) is 6.29 Å². The molecule has 4 aromatic rings. The Balaban J connectivity index is 1.35. The maximum atomic E-state index is 12.8.